The van der Waals surface area contributed by atoms with Crippen LogP contribution in [0, 0.1) is 0 Å². The maximum absolute atomic E-state index is 11.8. The lowest BCUT2D eigenvalue weighted by Crippen LogP contribution is -2.38. The number of hydrogen-bond acceptors (Lipinski definition) is 4. The van der Waals surface area contributed by atoms with Crippen LogP contribution in [0.4, 0.5) is 0 Å². The van der Waals surface area contributed by atoms with E-state index in [1.807, 2.05) is 0 Å². The van der Waals surface area contributed by atoms with Crippen LogP contribution >= 0.6 is 11.3 Å². The molecule has 0 aliphatic heterocycles. The van der Waals surface area contributed by atoms with Gasteiger partial charge in [0.25, 0.3) is 5.91 Å². The highest BCUT2D eigenvalue weighted by Crippen LogP contribution is 2.14. The Morgan fingerprint density at radius 2 is 2.29 bits per heavy atom. The molecular formula is C12H21N3OS. The third-order valence-corrected chi connectivity index (χ3v) is 3.42. The van der Waals surface area contributed by atoms with Gasteiger partial charge >= 0.3 is 0 Å². The van der Waals surface area contributed by atoms with Gasteiger partial charge in [-0.1, -0.05) is 13.8 Å². The molecule has 1 aromatic rings. The lowest BCUT2D eigenvalue weighted by atomic mass is 10.3. The molecule has 1 rings (SSSR count). The Balaban J connectivity index is 2.40. The van der Waals surface area contributed by atoms with Crippen molar-refractivity contribution in [2.24, 2.45) is 0 Å². The normalized spacial score (nSPS) is 12.4. The molecule has 0 fully saturated rings. The molecule has 0 saturated heterocycles. The molecule has 1 atom stereocenters. The molecule has 0 spiro atoms. The first-order chi connectivity index (χ1) is 8.17. The number of aromatic nitrogens is 1. The molecule has 0 radical (unpaired) electrons. The SMILES string of the molecule is CCCc1ncc(C(=O)NC[C@@H](C)NCC)s1. The van der Waals surface area contributed by atoms with E-state index in [-0.39, 0.29) is 5.91 Å². The van der Waals surface area contributed by atoms with Crippen molar-refractivity contribution in [1.29, 1.82) is 0 Å². The van der Waals surface area contributed by atoms with Crippen molar-refractivity contribution in [3.05, 3.63) is 16.1 Å². The highest BCUT2D eigenvalue weighted by atomic mass is 32.1. The summed E-state index contributed by atoms with van der Waals surface area (Å²) in [6.45, 7) is 7.78. The molecule has 0 unspecified atom stereocenters. The highest BCUT2D eigenvalue weighted by molar-refractivity contribution is 7.13. The van der Waals surface area contributed by atoms with Gasteiger partial charge in [-0.05, 0) is 26.3 Å². The van der Waals surface area contributed by atoms with Crippen molar-refractivity contribution < 1.29 is 4.79 Å². The summed E-state index contributed by atoms with van der Waals surface area (Å²) in [6, 6.07) is 0.298. The summed E-state index contributed by atoms with van der Waals surface area (Å²) >= 11 is 1.49. The fourth-order valence-electron chi connectivity index (χ4n) is 1.50. The van der Waals surface area contributed by atoms with Crippen LogP contribution < -0.4 is 10.6 Å². The molecule has 17 heavy (non-hydrogen) atoms. The zero-order valence-electron chi connectivity index (χ0n) is 10.7. The van der Waals surface area contributed by atoms with Crippen molar-refractivity contribution in [2.75, 3.05) is 13.1 Å². The molecule has 1 aromatic heterocycles. The van der Waals surface area contributed by atoms with Gasteiger partial charge in [-0.25, -0.2) is 4.98 Å². The number of amides is 1. The first kappa shape index (κ1) is 14.1. The summed E-state index contributed by atoms with van der Waals surface area (Å²) in [7, 11) is 0. The Hall–Kier alpha value is -0.940. The molecule has 1 amide bonds. The largest absolute Gasteiger partial charge is 0.350 e. The second-order valence-corrected chi connectivity index (χ2v) is 5.15. The zero-order valence-corrected chi connectivity index (χ0v) is 11.6. The third-order valence-electron chi connectivity index (χ3n) is 2.36. The van der Waals surface area contributed by atoms with E-state index < -0.39 is 0 Å². The number of likely N-dealkylation sites (N-methyl/N-ethyl adjacent to an activating group) is 1. The summed E-state index contributed by atoms with van der Waals surface area (Å²) in [4.78, 5) is 16.7. The second-order valence-electron chi connectivity index (χ2n) is 4.04. The standard InChI is InChI=1S/C12H21N3OS/c1-4-6-11-14-8-10(17-11)12(16)15-7-9(3)13-5-2/h8-9,13H,4-7H2,1-3H3,(H,15,16)/t9-/m1/s1. The minimum Gasteiger partial charge on any atom is -0.350 e. The van der Waals surface area contributed by atoms with Crippen LogP contribution in [0.25, 0.3) is 0 Å². The van der Waals surface area contributed by atoms with Gasteiger partial charge in [0.15, 0.2) is 0 Å². The summed E-state index contributed by atoms with van der Waals surface area (Å²) in [5, 5.41) is 7.20. The minimum atomic E-state index is -0.0189. The molecule has 0 aliphatic rings. The number of carbonyl (C=O) groups excluding carboxylic acids is 1. The van der Waals surface area contributed by atoms with Gasteiger partial charge in [-0.3, -0.25) is 4.79 Å². The van der Waals surface area contributed by atoms with Gasteiger partial charge in [-0.2, -0.15) is 0 Å². The molecule has 0 aromatic carbocycles. The van der Waals surface area contributed by atoms with Gasteiger partial charge in [-0.15, -0.1) is 11.3 Å². The van der Waals surface area contributed by atoms with Gasteiger partial charge in [0.1, 0.15) is 4.88 Å². The molecule has 0 bridgehead atoms. The Kier molecular flexibility index (Phi) is 6.15. The number of hydrogen-bond donors (Lipinski definition) is 2. The maximum atomic E-state index is 11.8. The summed E-state index contributed by atoms with van der Waals surface area (Å²) in [6.07, 6.45) is 3.68. The number of thiazole rings is 1. The first-order valence-electron chi connectivity index (χ1n) is 6.13. The van der Waals surface area contributed by atoms with Crippen molar-refractivity contribution in [3.8, 4) is 0 Å². The van der Waals surface area contributed by atoms with Crippen LogP contribution in [0.5, 0.6) is 0 Å². The number of nitrogens with zero attached hydrogens (tertiary/aromatic N) is 1. The van der Waals surface area contributed by atoms with E-state index in [2.05, 4.69) is 36.4 Å². The van der Waals surface area contributed by atoms with Gasteiger partial charge in [0.05, 0.1) is 11.2 Å². The van der Waals surface area contributed by atoms with E-state index in [1.54, 1.807) is 6.20 Å². The van der Waals surface area contributed by atoms with Gasteiger partial charge in [0, 0.05) is 12.6 Å². The molecule has 0 aliphatic carbocycles. The quantitative estimate of drug-likeness (QED) is 0.781. The van der Waals surface area contributed by atoms with Crippen LogP contribution in [-0.2, 0) is 6.42 Å². The monoisotopic (exact) mass is 255 g/mol. The summed E-state index contributed by atoms with van der Waals surface area (Å²) in [5.41, 5.74) is 0. The Morgan fingerprint density at radius 3 is 2.94 bits per heavy atom. The molecule has 2 N–H and O–H groups in total. The molecule has 0 saturated carbocycles. The topological polar surface area (TPSA) is 54.0 Å². The van der Waals surface area contributed by atoms with E-state index in [1.165, 1.54) is 11.3 Å². The minimum absolute atomic E-state index is 0.0189. The Labute approximate surface area is 107 Å². The molecule has 5 heteroatoms. The van der Waals surface area contributed by atoms with E-state index >= 15 is 0 Å². The van der Waals surface area contributed by atoms with Crippen LogP contribution in [0.15, 0.2) is 6.20 Å². The predicted octanol–water partition coefficient (Wildman–Crippen LogP) is 1.82. The lowest BCUT2D eigenvalue weighted by Gasteiger charge is -2.12. The predicted molar refractivity (Wildman–Crippen MR) is 71.6 cm³/mol. The maximum Gasteiger partial charge on any atom is 0.263 e. The van der Waals surface area contributed by atoms with Crippen molar-refractivity contribution >= 4 is 17.2 Å². The highest BCUT2D eigenvalue weighted by Gasteiger charge is 2.10. The summed E-state index contributed by atoms with van der Waals surface area (Å²) in [5.74, 6) is -0.0189. The lowest BCUT2D eigenvalue weighted by molar-refractivity contribution is 0.0954. The van der Waals surface area contributed by atoms with E-state index in [0.29, 0.717) is 17.5 Å². The fraction of sp³-hybridized carbons (Fsp3) is 0.667. The van der Waals surface area contributed by atoms with Gasteiger partial charge < -0.3 is 10.6 Å². The van der Waals surface area contributed by atoms with E-state index in [4.69, 9.17) is 0 Å². The number of aryl methyl sites for hydroxylation is 1. The van der Waals surface area contributed by atoms with Gasteiger partial charge in [0.2, 0.25) is 0 Å². The number of rotatable bonds is 7. The fourth-order valence-corrected chi connectivity index (χ4v) is 2.43. The average molecular weight is 255 g/mol. The van der Waals surface area contributed by atoms with Crippen molar-refractivity contribution in [2.45, 2.75) is 39.7 Å². The molecule has 4 nitrogen and oxygen atoms in total. The van der Waals surface area contributed by atoms with Crippen LogP contribution in [0.1, 0.15) is 41.9 Å². The van der Waals surface area contributed by atoms with Crippen LogP contribution in [-0.4, -0.2) is 30.0 Å². The average Bonchev–Trinajstić information content (AvgIpc) is 2.75. The van der Waals surface area contributed by atoms with Crippen molar-refractivity contribution in [3.63, 3.8) is 0 Å². The van der Waals surface area contributed by atoms with E-state index in [9.17, 15) is 4.79 Å². The third kappa shape index (κ3) is 4.83. The molecule has 1 heterocycles. The van der Waals surface area contributed by atoms with Crippen LogP contribution in [0.3, 0.4) is 0 Å². The van der Waals surface area contributed by atoms with Crippen LogP contribution in [0.2, 0.25) is 0 Å². The molecular weight excluding hydrogens is 234 g/mol. The zero-order chi connectivity index (χ0) is 12.7. The number of nitrogens with one attached hydrogen (secondary N) is 2. The second kappa shape index (κ2) is 7.40. The molecule has 96 valence electrons. The van der Waals surface area contributed by atoms with Crippen molar-refractivity contribution in [1.82, 2.24) is 15.6 Å². The Bertz CT molecular complexity index is 351. The smallest absolute Gasteiger partial charge is 0.263 e. The first-order valence-corrected chi connectivity index (χ1v) is 6.95. The van der Waals surface area contributed by atoms with E-state index in [0.717, 1.165) is 24.4 Å². The Morgan fingerprint density at radius 1 is 1.53 bits per heavy atom. The number of carbonyl (C=O) groups is 1. The summed E-state index contributed by atoms with van der Waals surface area (Å²) < 4.78 is 0.